The molecule has 0 bridgehead atoms. The molecular weight excluding hydrogens is 340 g/mol. The number of halogens is 1. The number of rotatable bonds is 6. The lowest BCUT2D eigenvalue weighted by atomic mass is 10.2. The van der Waals surface area contributed by atoms with Crippen LogP contribution in [0.25, 0.3) is 0 Å². The van der Waals surface area contributed by atoms with Gasteiger partial charge in [0, 0.05) is 23.7 Å². The SMILES string of the molecule is Cc1n[nH]c(C)c1S(=O)(=O)NCCNC(=O)c1ccc(Cl)cc1. The minimum atomic E-state index is -3.66. The average Bonchev–Trinajstić information content (AvgIpc) is 2.84. The van der Waals surface area contributed by atoms with Crippen molar-refractivity contribution in [3.63, 3.8) is 0 Å². The van der Waals surface area contributed by atoms with Crippen LogP contribution in [-0.2, 0) is 10.0 Å². The van der Waals surface area contributed by atoms with E-state index in [0.29, 0.717) is 22.0 Å². The van der Waals surface area contributed by atoms with Gasteiger partial charge >= 0.3 is 0 Å². The Morgan fingerprint density at radius 2 is 1.87 bits per heavy atom. The van der Waals surface area contributed by atoms with Crippen LogP contribution in [0.2, 0.25) is 5.02 Å². The Hall–Kier alpha value is -1.90. The standard InChI is InChI=1S/C14H17ClN4O3S/c1-9-13(10(2)19-18-9)23(21,22)17-8-7-16-14(20)11-3-5-12(15)6-4-11/h3-6,17H,7-8H2,1-2H3,(H,16,20)(H,18,19). The lowest BCUT2D eigenvalue weighted by Crippen LogP contribution is -2.35. The van der Waals surface area contributed by atoms with E-state index in [4.69, 9.17) is 11.6 Å². The third-order valence-corrected chi connectivity index (χ3v) is 5.11. The molecule has 0 atom stereocenters. The summed E-state index contributed by atoms with van der Waals surface area (Å²) >= 11 is 5.75. The molecule has 0 saturated heterocycles. The smallest absolute Gasteiger partial charge is 0.251 e. The van der Waals surface area contributed by atoms with Crippen molar-refractivity contribution < 1.29 is 13.2 Å². The van der Waals surface area contributed by atoms with Crippen LogP contribution in [-0.4, -0.2) is 37.6 Å². The Bertz CT molecular complexity index is 780. The number of H-pyrrole nitrogens is 1. The summed E-state index contributed by atoms with van der Waals surface area (Å²) in [5.74, 6) is -0.295. The molecule has 2 rings (SSSR count). The first-order chi connectivity index (χ1) is 10.8. The van der Waals surface area contributed by atoms with Crippen molar-refractivity contribution >= 4 is 27.5 Å². The number of carbonyl (C=O) groups is 1. The molecule has 1 amide bonds. The molecule has 0 spiro atoms. The van der Waals surface area contributed by atoms with Crippen molar-refractivity contribution in [3.8, 4) is 0 Å². The van der Waals surface area contributed by atoms with E-state index in [0.717, 1.165) is 0 Å². The molecular formula is C14H17ClN4O3S. The number of amides is 1. The molecule has 3 N–H and O–H groups in total. The van der Waals surface area contributed by atoms with Gasteiger partial charge in [0.15, 0.2) is 0 Å². The maximum Gasteiger partial charge on any atom is 0.251 e. The second kappa shape index (κ2) is 7.12. The van der Waals surface area contributed by atoms with Gasteiger partial charge in [-0.05, 0) is 38.1 Å². The first-order valence-electron chi connectivity index (χ1n) is 6.86. The highest BCUT2D eigenvalue weighted by molar-refractivity contribution is 7.89. The lowest BCUT2D eigenvalue weighted by Gasteiger charge is -2.08. The fraction of sp³-hybridized carbons (Fsp3) is 0.286. The number of aromatic amines is 1. The quantitative estimate of drug-likeness (QED) is 0.680. The van der Waals surface area contributed by atoms with Gasteiger partial charge in [0.05, 0.1) is 11.4 Å². The minimum Gasteiger partial charge on any atom is -0.351 e. The zero-order valence-corrected chi connectivity index (χ0v) is 14.3. The second-order valence-corrected chi connectivity index (χ2v) is 7.06. The van der Waals surface area contributed by atoms with Crippen molar-refractivity contribution in [1.82, 2.24) is 20.2 Å². The van der Waals surface area contributed by atoms with Crippen LogP contribution in [0.4, 0.5) is 0 Å². The Morgan fingerprint density at radius 3 is 2.43 bits per heavy atom. The normalized spacial score (nSPS) is 11.4. The number of carbonyl (C=O) groups excluding carboxylic acids is 1. The summed E-state index contributed by atoms with van der Waals surface area (Å²) in [5.41, 5.74) is 1.33. The van der Waals surface area contributed by atoms with Crippen LogP contribution in [0.5, 0.6) is 0 Å². The largest absolute Gasteiger partial charge is 0.351 e. The Balaban J connectivity index is 1.88. The summed E-state index contributed by atoms with van der Waals surface area (Å²) < 4.78 is 26.8. The summed E-state index contributed by atoms with van der Waals surface area (Å²) in [7, 11) is -3.66. The monoisotopic (exact) mass is 356 g/mol. The van der Waals surface area contributed by atoms with Gasteiger partial charge in [-0.3, -0.25) is 9.89 Å². The average molecular weight is 357 g/mol. The molecule has 1 heterocycles. The molecule has 9 heteroatoms. The van der Waals surface area contributed by atoms with Crippen LogP contribution < -0.4 is 10.0 Å². The van der Waals surface area contributed by atoms with Gasteiger partial charge in [0.25, 0.3) is 5.91 Å². The minimum absolute atomic E-state index is 0.0751. The van der Waals surface area contributed by atoms with E-state index < -0.39 is 10.0 Å². The molecule has 124 valence electrons. The van der Waals surface area contributed by atoms with Crippen LogP contribution in [0.3, 0.4) is 0 Å². The Morgan fingerprint density at radius 1 is 1.22 bits per heavy atom. The highest BCUT2D eigenvalue weighted by Crippen LogP contribution is 2.15. The van der Waals surface area contributed by atoms with E-state index >= 15 is 0 Å². The summed E-state index contributed by atoms with van der Waals surface area (Å²) in [6.07, 6.45) is 0. The fourth-order valence-electron chi connectivity index (χ4n) is 2.07. The van der Waals surface area contributed by atoms with Crippen molar-refractivity contribution in [2.24, 2.45) is 0 Å². The predicted molar refractivity (Wildman–Crippen MR) is 87.0 cm³/mol. The number of hydrogen-bond acceptors (Lipinski definition) is 4. The van der Waals surface area contributed by atoms with Gasteiger partial charge in [0.2, 0.25) is 10.0 Å². The van der Waals surface area contributed by atoms with Gasteiger partial charge in [-0.15, -0.1) is 0 Å². The van der Waals surface area contributed by atoms with Crippen LogP contribution in [0.15, 0.2) is 29.2 Å². The summed E-state index contributed by atoms with van der Waals surface area (Å²) in [4.78, 5) is 12.0. The van der Waals surface area contributed by atoms with E-state index in [1.165, 1.54) is 0 Å². The van der Waals surface area contributed by atoms with E-state index in [9.17, 15) is 13.2 Å². The number of aromatic nitrogens is 2. The Kier molecular flexibility index (Phi) is 5.40. The third-order valence-electron chi connectivity index (χ3n) is 3.14. The lowest BCUT2D eigenvalue weighted by molar-refractivity contribution is 0.0954. The fourth-order valence-corrected chi connectivity index (χ4v) is 3.60. The predicted octanol–water partition coefficient (Wildman–Crippen LogP) is 1.39. The number of nitrogens with one attached hydrogen (secondary N) is 3. The first kappa shape index (κ1) is 17.5. The molecule has 7 nitrogen and oxygen atoms in total. The summed E-state index contributed by atoms with van der Waals surface area (Å²) in [6, 6.07) is 6.42. The van der Waals surface area contributed by atoms with E-state index in [1.54, 1.807) is 38.1 Å². The Labute approximate surface area is 139 Å². The molecule has 0 aliphatic carbocycles. The maximum absolute atomic E-state index is 12.2. The molecule has 0 radical (unpaired) electrons. The van der Waals surface area contributed by atoms with E-state index in [-0.39, 0.29) is 23.9 Å². The number of nitrogens with zero attached hydrogens (tertiary/aromatic N) is 1. The van der Waals surface area contributed by atoms with Crippen molar-refractivity contribution in [1.29, 1.82) is 0 Å². The van der Waals surface area contributed by atoms with E-state index in [2.05, 4.69) is 20.2 Å². The topological polar surface area (TPSA) is 104 Å². The van der Waals surface area contributed by atoms with Gasteiger partial charge < -0.3 is 5.32 Å². The number of sulfonamides is 1. The summed E-state index contributed by atoms with van der Waals surface area (Å²) in [5, 5.41) is 9.66. The highest BCUT2D eigenvalue weighted by atomic mass is 35.5. The van der Waals surface area contributed by atoms with Gasteiger partial charge in [-0.2, -0.15) is 5.10 Å². The summed E-state index contributed by atoms with van der Waals surface area (Å²) in [6.45, 7) is 3.49. The van der Waals surface area contributed by atoms with Crippen molar-refractivity contribution in [3.05, 3.63) is 46.2 Å². The number of hydrogen-bond donors (Lipinski definition) is 3. The zero-order chi connectivity index (χ0) is 17.0. The molecule has 0 saturated carbocycles. The maximum atomic E-state index is 12.2. The molecule has 0 aliphatic heterocycles. The molecule has 0 fully saturated rings. The number of benzene rings is 1. The van der Waals surface area contributed by atoms with Gasteiger partial charge in [0.1, 0.15) is 4.90 Å². The molecule has 2 aromatic rings. The number of aryl methyl sites for hydroxylation is 2. The van der Waals surface area contributed by atoms with Crippen molar-refractivity contribution in [2.75, 3.05) is 13.1 Å². The third kappa shape index (κ3) is 4.31. The van der Waals surface area contributed by atoms with Gasteiger partial charge in [-0.25, -0.2) is 13.1 Å². The van der Waals surface area contributed by atoms with Crippen molar-refractivity contribution in [2.45, 2.75) is 18.7 Å². The zero-order valence-electron chi connectivity index (χ0n) is 12.7. The van der Waals surface area contributed by atoms with Crippen LogP contribution in [0.1, 0.15) is 21.7 Å². The molecule has 0 aliphatic rings. The molecule has 1 aromatic heterocycles. The van der Waals surface area contributed by atoms with Gasteiger partial charge in [-0.1, -0.05) is 11.6 Å². The van der Waals surface area contributed by atoms with Crippen LogP contribution in [0, 0.1) is 13.8 Å². The van der Waals surface area contributed by atoms with E-state index in [1.807, 2.05) is 0 Å². The second-order valence-electron chi connectivity index (χ2n) is 4.92. The first-order valence-corrected chi connectivity index (χ1v) is 8.72. The highest BCUT2D eigenvalue weighted by Gasteiger charge is 2.21. The molecule has 1 aromatic carbocycles. The molecule has 23 heavy (non-hydrogen) atoms. The van der Waals surface area contributed by atoms with Crippen LogP contribution >= 0.6 is 11.6 Å². The molecule has 0 unspecified atom stereocenters.